The van der Waals surface area contributed by atoms with Crippen LogP contribution < -0.4 is 0 Å². The summed E-state index contributed by atoms with van der Waals surface area (Å²) in [5.74, 6) is -2.01. The van der Waals surface area contributed by atoms with E-state index < -0.39 is 18.7 Å². The Morgan fingerprint density at radius 2 is 2.00 bits per heavy atom. The second-order valence-corrected chi connectivity index (χ2v) is 3.16. The molecule has 0 heterocycles. The Bertz CT molecular complexity index is 197. The van der Waals surface area contributed by atoms with Gasteiger partial charge in [0, 0.05) is 0 Å². The molecule has 0 aliphatic rings. The minimum atomic E-state index is -4.49. The van der Waals surface area contributed by atoms with Gasteiger partial charge in [0.1, 0.15) is 0 Å². The summed E-state index contributed by atoms with van der Waals surface area (Å²) in [4.78, 5) is 0. The molecule has 0 aromatic heterocycles. The van der Waals surface area contributed by atoms with Crippen molar-refractivity contribution >= 4 is 0 Å². The van der Waals surface area contributed by atoms with Crippen molar-refractivity contribution in [2.24, 2.45) is 5.92 Å². The standard InChI is InChI=1S/C9H14F3NO/c1-3-4-7(2)14-6-8(5-13)9(10,11)12/h7-8H,3-4,6H2,1-2H3. The third-order valence-electron chi connectivity index (χ3n) is 1.79. The summed E-state index contributed by atoms with van der Waals surface area (Å²) >= 11 is 0. The van der Waals surface area contributed by atoms with E-state index in [1.54, 1.807) is 6.92 Å². The lowest BCUT2D eigenvalue weighted by Crippen LogP contribution is -2.27. The molecule has 0 aromatic rings. The van der Waals surface area contributed by atoms with E-state index in [1.165, 1.54) is 6.07 Å². The van der Waals surface area contributed by atoms with Crippen LogP contribution in [0.2, 0.25) is 0 Å². The van der Waals surface area contributed by atoms with Crippen molar-refractivity contribution in [2.45, 2.75) is 39.0 Å². The fraction of sp³-hybridized carbons (Fsp3) is 0.889. The van der Waals surface area contributed by atoms with Gasteiger partial charge in [-0.05, 0) is 13.3 Å². The number of halogens is 3. The Morgan fingerprint density at radius 3 is 2.36 bits per heavy atom. The first-order chi connectivity index (χ1) is 6.41. The number of hydrogen-bond acceptors (Lipinski definition) is 2. The molecule has 0 fully saturated rings. The molecule has 0 aromatic carbocycles. The zero-order chi connectivity index (χ0) is 11.2. The Labute approximate surface area is 81.7 Å². The first-order valence-corrected chi connectivity index (χ1v) is 4.49. The van der Waals surface area contributed by atoms with Crippen molar-refractivity contribution in [2.75, 3.05) is 6.61 Å². The van der Waals surface area contributed by atoms with Crippen LogP contribution in [0.15, 0.2) is 0 Å². The van der Waals surface area contributed by atoms with Gasteiger partial charge in [-0.15, -0.1) is 0 Å². The fourth-order valence-electron chi connectivity index (χ4n) is 0.955. The summed E-state index contributed by atoms with van der Waals surface area (Å²) in [5, 5.41) is 8.25. The highest BCUT2D eigenvalue weighted by molar-refractivity contribution is 4.88. The molecule has 0 aliphatic heterocycles. The van der Waals surface area contributed by atoms with E-state index in [1.807, 2.05) is 6.92 Å². The molecular weight excluding hydrogens is 195 g/mol. The lowest BCUT2D eigenvalue weighted by molar-refractivity contribution is -0.175. The van der Waals surface area contributed by atoms with Crippen molar-refractivity contribution in [3.05, 3.63) is 0 Å². The molecule has 5 heteroatoms. The Balaban J connectivity index is 3.92. The van der Waals surface area contributed by atoms with Gasteiger partial charge in [-0.2, -0.15) is 18.4 Å². The average molecular weight is 209 g/mol. The van der Waals surface area contributed by atoms with Crippen molar-refractivity contribution < 1.29 is 17.9 Å². The molecule has 2 nitrogen and oxygen atoms in total. The third-order valence-corrected chi connectivity index (χ3v) is 1.79. The molecule has 2 atom stereocenters. The number of hydrogen-bond donors (Lipinski definition) is 0. The zero-order valence-corrected chi connectivity index (χ0v) is 8.27. The molecular formula is C9H14F3NO. The van der Waals surface area contributed by atoms with Crippen LogP contribution in [-0.4, -0.2) is 18.9 Å². The molecule has 0 saturated carbocycles. The van der Waals surface area contributed by atoms with Crippen LogP contribution >= 0.6 is 0 Å². The van der Waals surface area contributed by atoms with Gasteiger partial charge >= 0.3 is 6.18 Å². The molecule has 0 bridgehead atoms. The van der Waals surface area contributed by atoms with Crippen LogP contribution in [-0.2, 0) is 4.74 Å². The van der Waals surface area contributed by atoms with Gasteiger partial charge in [0.25, 0.3) is 0 Å². The predicted molar refractivity (Wildman–Crippen MR) is 45.5 cm³/mol. The summed E-state index contributed by atoms with van der Waals surface area (Å²) in [6.45, 7) is 3.06. The SMILES string of the molecule is CCCC(C)OCC(C#N)C(F)(F)F. The number of alkyl halides is 3. The number of rotatable bonds is 5. The lowest BCUT2D eigenvalue weighted by atomic mass is 10.2. The van der Waals surface area contributed by atoms with Crippen LogP contribution in [0.5, 0.6) is 0 Å². The Kier molecular flexibility index (Phi) is 5.55. The lowest BCUT2D eigenvalue weighted by Gasteiger charge is -2.16. The molecule has 0 saturated heterocycles. The van der Waals surface area contributed by atoms with Gasteiger partial charge in [0.2, 0.25) is 0 Å². The maximum Gasteiger partial charge on any atom is 0.406 e. The Hall–Kier alpha value is -0.760. The van der Waals surface area contributed by atoms with E-state index in [0.29, 0.717) is 6.42 Å². The average Bonchev–Trinajstić information content (AvgIpc) is 2.03. The molecule has 0 spiro atoms. The van der Waals surface area contributed by atoms with E-state index >= 15 is 0 Å². The van der Waals surface area contributed by atoms with Crippen LogP contribution in [0.25, 0.3) is 0 Å². The van der Waals surface area contributed by atoms with E-state index in [2.05, 4.69) is 0 Å². The van der Waals surface area contributed by atoms with Crippen molar-refractivity contribution in [3.8, 4) is 6.07 Å². The highest BCUT2D eigenvalue weighted by Crippen LogP contribution is 2.26. The molecule has 0 aliphatic carbocycles. The van der Waals surface area contributed by atoms with Crippen molar-refractivity contribution in [3.63, 3.8) is 0 Å². The molecule has 0 amide bonds. The molecule has 0 rings (SSSR count). The van der Waals surface area contributed by atoms with Crippen LogP contribution in [0.3, 0.4) is 0 Å². The largest absolute Gasteiger partial charge is 0.406 e. The highest BCUT2D eigenvalue weighted by atomic mass is 19.4. The van der Waals surface area contributed by atoms with Gasteiger partial charge in [-0.3, -0.25) is 0 Å². The van der Waals surface area contributed by atoms with Gasteiger partial charge in [-0.1, -0.05) is 13.3 Å². The van der Waals surface area contributed by atoms with E-state index in [4.69, 9.17) is 10.00 Å². The van der Waals surface area contributed by atoms with E-state index in [-0.39, 0.29) is 6.10 Å². The van der Waals surface area contributed by atoms with E-state index in [9.17, 15) is 13.2 Å². The quantitative estimate of drug-likeness (QED) is 0.697. The monoisotopic (exact) mass is 209 g/mol. The Morgan fingerprint density at radius 1 is 1.43 bits per heavy atom. The molecule has 0 N–H and O–H groups in total. The van der Waals surface area contributed by atoms with Crippen molar-refractivity contribution in [1.29, 1.82) is 5.26 Å². The topological polar surface area (TPSA) is 33.0 Å². The highest BCUT2D eigenvalue weighted by Gasteiger charge is 2.40. The summed E-state index contributed by atoms with van der Waals surface area (Å²) in [6, 6.07) is 1.19. The molecule has 82 valence electrons. The predicted octanol–water partition coefficient (Wildman–Crippen LogP) is 2.89. The maximum absolute atomic E-state index is 12.1. The normalized spacial score (nSPS) is 16.0. The molecule has 14 heavy (non-hydrogen) atoms. The molecule has 0 radical (unpaired) electrons. The minimum Gasteiger partial charge on any atom is -0.377 e. The van der Waals surface area contributed by atoms with E-state index in [0.717, 1.165) is 6.42 Å². The van der Waals surface area contributed by atoms with Crippen LogP contribution in [0, 0.1) is 17.2 Å². The second kappa shape index (κ2) is 5.86. The summed E-state index contributed by atoms with van der Waals surface area (Å²) in [6.07, 6.45) is -3.15. The number of nitriles is 1. The van der Waals surface area contributed by atoms with Gasteiger partial charge in [-0.25, -0.2) is 0 Å². The number of ether oxygens (including phenoxy) is 1. The third kappa shape index (κ3) is 5.07. The first kappa shape index (κ1) is 13.2. The first-order valence-electron chi connectivity index (χ1n) is 4.49. The van der Waals surface area contributed by atoms with Gasteiger partial charge < -0.3 is 4.74 Å². The molecule has 2 unspecified atom stereocenters. The fourth-order valence-corrected chi connectivity index (χ4v) is 0.955. The number of nitrogens with zero attached hydrogens (tertiary/aromatic N) is 1. The maximum atomic E-state index is 12.1. The van der Waals surface area contributed by atoms with Crippen LogP contribution in [0.1, 0.15) is 26.7 Å². The minimum absolute atomic E-state index is 0.224. The summed E-state index contributed by atoms with van der Waals surface area (Å²) < 4.78 is 41.1. The van der Waals surface area contributed by atoms with Crippen molar-refractivity contribution in [1.82, 2.24) is 0 Å². The second-order valence-electron chi connectivity index (χ2n) is 3.16. The smallest absolute Gasteiger partial charge is 0.377 e. The zero-order valence-electron chi connectivity index (χ0n) is 8.27. The van der Waals surface area contributed by atoms with Crippen LogP contribution in [0.4, 0.5) is 13.2 Å². The summed E-state index contributed by atoms with van der Waals surface area (Å²) in [5.41, 5.74) is 0. The van der Waals surface area contributed by atoms with Gasteiger partial charge in [0.15, 0.2) is 5.92 Å². The van der Waals surface area contributed by atoms with Gasteiger partial charge in [0.05, 0.1) is 18.8 Å². The summed E-state index contributed by atoms with van der Waals surface area (Å²) in [7, 11) is 0.